The van der Waals surface area contributed by atoms with Gasteiger partial charge in [-0.3, -0.25) is 0 Å². The summed E-state index contributed by atoms with van der Waals surface area (Å²) in [6.07, 6.45) is 1.08. The predicted molar refractivity (Wildman–Crippen MR) is 70.3 cm³/mol. The van der Waals surface area contributed by atoms with Gasteiger partial charge < -0.3 is 15.7 Å². The van der Waals surface area contributed by atoms with Crippen LogP contribution in [0.3, 0.4) is 0 Å². The van der Waals surface area contributed by atoms with Crippen molar-refractivity contribution < 1.29 is 9.90 Å². The Morgan fingerprint density at radius 2 is 1.73 bits per heavy atom. The van der Waals surface area contributed by atoms with Crippen molar-refractivity contribution in [3.05, 3.63) is 0 Å². The lowest BCUT2D eigenvalue weighted by Gasteiger charge is -2.34. The standard InChI is InChI=1S/C7H14N2O2.4ClH/c1-9(7(10)11)4-5-2-6(8)3-5;;;;/h5-6H,2-4,8H2,1H3,(H,10,11);4*1H. The van der Waals surface area contributed by atoms with Gasteiger partial charge in [-0.25, -0.2) is 4.79 Å². The highest BCUT2D eigenvalue weighted by Gasteiger charge is 2.27. The van der Waals surface area contributed by atoms with Gasteiger partial charge in [-0.1, -0.05) is 0 Å². The molecule has 0 aliphatic heterocycles. The largest absolute Gasteiger partial charge is 0.465 e. The Labute approximate surface area is 115 Å². The molecule has 0 saturated heterocycles. The van der Waals surface area contributed by atoms with Gasteiger partial charge in [0.1, 0.15) is 0 Å². The highest BCUT2D eigenvalue weighted by Crippen LogP contribution is 2.25. The Balaban J connectivity index is -0.000000151. The topological polar surface area (TPSA) is 66.6 Å². The molecule has 0 atom stereocenters. The molecule has 8 heteroatoms. The summed E-state index contributed by atoms with van der Waals surface area (Å²) < 4.78 is 0. The monoisotopic (exact) mass is 302 g/mol. The second-order valence-electron chi connectivity index (χ2n) is 3.26. The van der Waals surface area contributed by atoms with Gasteiger partial charge in [0, 0.05) is 19.6 Å². The third-order valence-corrected chi connectivity index (χ3v) is 2.13. The average molecular weight is 304 g/mol. The van der Waals surface area contributed by atoms with E-state index in [0.29, 0.717) is 18.5 Å². The second-order valence-corrected chi connectivity index (χ2v) is 3.26. The van der Waals surface area contributed by atoms with Gasteiger partial charge in [0.15, 0.2) is 0 Å². The summed E-state index contributed by atoms with van der Waals surface area (Å²) in [5.74, 6) is 0.492. The van der Waals surface area contributed by atoms with E-state index in [-0.39, 0.29) is 49.6 Å². The normalized spacial score (nSPS) is 21.5. The van der Waals surface area contributed by atoms with Crippen LogP contribution in [0.1, 0.15) is 12.8 Å². The maximum atomic E-state index is 10.4. The molecule has 0 aromatic rings. The Hall–Kier alpha value is 0.390. The molecular weight excluding hydrogens is 286 g/mol. The second kappa shape index (κ2) is 10.9. The third-order valence-electron chi connectivity index (χ3n) is 2.13. The smallest absolute Gasteiger partial charge is 0.407 e. The molecule has 15 heavy (non-hydrogen) atoms. The van der Waals surface area contributed by atoms with Crippen LogP contribution in [0, 0.1) is 5.92 Å². The fraction of sp³-hybridized carbons (Fsp3) is 0.857. The van der Waals surface area contributed by atoms with E-state index < -0.39 is 6.09 Å². The summed E-state index contributed by atoms with van der Waals surface area (Å²) in [4.78, 5) is 11.7. The summed E-state index contributed by atoms with van der Waals surface area (Å²) in [6, 6.07) is 0.308. The molecule has 0 aromatic heterocycles. The van der Waals surface area contributed by atoms with E-state index in [9.17, 15) is 4.79 Å². The fourth-order valence-electron chi connectivity index (χ4n) is 1.40. The van der Waals surface area contributed by atoms with Gasteiger partial charge in [-0.15, -0.1) is 49.6 Å². The Morgan fingerprint density at radius 3 is 2.00 bits per heavy atom. The summed E-state index contributed by atoms with van der Waals surface area (Å²) >= 11 is 0. The van der Waals surface area contributed by atoms with Crippen LogP contribution >= 0.6 is 49.6 Å². The first-order chi connectivity index (χ1) is 5.09. The van der Waals surface area contributed by atoms with Gasteiger partial charge in [-0.2, -0.15) is 0 Å². The van der Waals surface area contributed by atoms with Crippen LogP contribution in [0.5, 0.6) is 0 Å². The van der Waals surface area contributed by atoms with Crippen molar-refractivity contribution in [3.8, 4) is 0 Å². The van der Waals surface area contributed by atoms with E-state index in [2.05, 4.69) is 0 Å². The fourth-order valence-corrected chi connectivity index (χ4v) is 1.40. The number of carboxylic acid groups (broad SMARTS) is 1. The molecule has 1 fully saturated rings. The molecule has 0 radical (unpaired) electrons. The number of nitrogens with two attached hydrogens (primary N) is 1. The van der Waals surface area contributed by atoms with Crippen molar-refractivity contribution in [1.29, 1.82) is 0 Å². The van der Waals surface area contributed by atoms with Crippen LogP contribution in [-0.4, -0.2) is 35.7 Å². The molecule has 1 rings (SSSR count). The molecule has 1 aliphatic carbocycles. The number of amides is 1. The quantitative estimate of drug-likeness (QED) is 0.820. The van der Waals surface area contributed by atoms with Crippen molar-refractivity contribution in [1.82, 2.24) is 4.90 Å². The molecule has 1 amide bonds. The lowest BCUT2D eigenvalue weighted by Crippen LogP contribution is -2.42. The number of hydrogen-bond acceptors (Lipinski definition) is 2. The van der Waals surface area contributed by atoms with Crippen LogP contribution < -0.4 is 5.73 Å². The Kier molecular flexibility index (Phi) is 17.8. The molecule has 0 unspecified atom stereocenters. The highest BCUT2D eigenvalue weighted by molar-refractivity contribution is 5.86. The van der Waals surface area contributed by atoms with Crippen LogP contribution in [0.2, 0.25) is 0 Å². The average Bonchev–Trinajstić information content (AvgIpc) is 1.84. The molecule has 96 valence electrons. The SMILES string of the molecule is CN(CC1CC(N)C1)C(=O)O.Cl.Cl.Cl.Cl. The molecule has 0 spiro atoms. The summed E-state index contributed by atoms with van der Waals surface area (Å²) in [5, 5.41) is 8.51. The lowest BCUT2D eigenvalue weighted by molar-refractivity contribution is 0.132. The van der Waals surface area contributed by atoms with Gasteiger partial charge in [0.25, 0.3) is 0 Å². The number of carbonyl (C=O) groups is 1. The lowest BCUT2D eigenvalue weighted by atomic mass is 9.81. The number of rotatable bonds is 2. The molecule has 0 bridgehead atoms. The molecule has 3 N–H and O–H groups in total. The third kappa shape index (κ3) is 8.22. The molecule has 1 saturated carbocycles. The van der Waals surface area contributed by atoms with E-state index in [1.165, 1.54) is 4.90 Å². The minimum atomic E-state index is -0.856. The summed E-state index contributed by atoms with van der Waals surface area (Å²) in [6.45, 7) is 0.628. The summed E-state index contributed by atoms with van der Waals surface area (Å²) in [5.41, 5.74) is 5.55. The summed E-state index contributed by atoms with van der Waals surface area (Å²) in [7, 11) is 1.59. The number of nitrogens with zero attached hydrogens (tertiary/aromatic N) is 1. The van der Waals surface area contributed by atoms with Crippen molar-refractivity contribution in [2.75, 3.05) is 13.6 Å². The van der Waals surface area contributed by atoms with Crippen molar-refractivity contribution in [2.45, 2.75) is 18.9 Å². The molecule has 0 aromatic carbocycles. The van der Waals surface area contributed by atoms with Gasteiger partial charge in [0.2, 0.25) is 0 Å². The number of hydrogen-bond donors (Lipinski definition) is 2. The van der Waals surface area contributed by atoms with E-state index in [1.807, 2.05) is 0 Å². The first-order valence-electron chi connectivity index (χ1n) is 3.79. The molecule has 4 nitrogen and oxygen atoms in total. The van der Waals surface area contributed by atoms with Crippen molar-refractivity contribution >= 4 is 55.7 Å². The minimum Gasteiger partial charge on any atom is -0.465 e. The van der Waals surface area contributed by atoms with Crippen LogP contribution in [0.15, 0.2) is 0 Å². The zero-order valence-electron chi connectivity index (χ0n) is 8.29. The zero-order valence-corrected chi connectivity index (χ0v) is 11.6. The van der Waals surface area contributed by atoms with E-state index in [4.69, 9.17) is 10.8 Å². The minimum absolute atomic E-state index is 0. The van der Waals surface area contributed by atoms with Crippen LogP contribution in [-0.2, 0) is 0 Å². The highest BCUT2D eigenvalue weighted by atomic mass is 35.5. The predicted octanol–water partition coefficient (Wildman–Crippen LogP) is 2.02. The maximum absolute atomic E-state index is 10.4. The van der Waals surface area contributed by atoms with Gasteiger partial charge in [0.05, 0.1) is 0 Å². The van der Waals surface area contributed by atoms with Crippen LogP contribution in [0.4, 0.5) is 4.79 Å². The maximum Gasteiger partial charge on any atom is 0.407 e. The first kappa shape index (κ1) is 24.6. The molecular formula is C7H18Cl4N2O2. The van der Waals surface area contributed by atoms with Crippen LogP contribution in [0.25, 0.3) is 0 Å². The molecule has 1 aliphatic rings. The zero-order chi connectivity index (χ0) is 8.43. The van der Waals surface area contributed by atoms with Crippen molar-refractivity contribution in [3.63, 3.8) is 0 Å². The van der Waals surface area contributed by atoms with E-state index >= 15 is 0 Å². The van der Waals surface area contributed by atoms with E-state index in [0.717, 1.165) is 12.8 Å². The van der Waals surface area contributed by atoms with Crippen molar-refractivity contribution in [2.24, 2.45) is 11.7 Å². The Morgan fingerprint density at radius 1 is 1.33 bits per heavy atom. The number of halogens is 4. The van der Waals surface area contributed by atoms with Gasteiger partial charge in [-0.05, 0) is 18.8 Å². The van der Waals surface area contributed by atoms with E-state index in [1.54, 1.807) is 7.05 Å². The Bertz CT molecular complexity index is 167. The van der Waals surface area contributed by atoms with Gasteiger partial charge >= 0.3 is 6.09 Å². The first-order valence-corrected chi connectivity index (χ1v) is 3.79. The molecule has 0 heterocycles.